The molecule has 152 valence electrons. The van der Waals surface area contributed by atoms with Gasteiger partial charge in [0, 0.05) is 17.5 Å². The minimum atomic E-state index is -1.13. The summed E-state index contributed by atoms with van der Waals surface area (Å²) in [5.74, 6) is 0.0872. The lowest BCUT2D eigenvalue weighted by Gasteiger charge is -2.24. The molecule has 4 rings (SSSR count). The molecule has 0 saturated carbocycles. The van der Waals surface area contributed by atoms with Crippen molar-refractivity contribution in [2.75, 3.05) is 0 Å². The number of allylic oxidation sites excluding steroid dienone is 2. The number of fused-ring (bicyclic) bond motifs is 3. The SMILES string of the molecule is CC(C)=CCc1c2c(c(O)c3c(=O)c4cccc(O)c4oc13)C[C@@H](C(C)(C)O)O2. The van der Waals surface area contributed by atoms with Crippen LogP contribution in [0.5, 0.6) is 17.2 Å². The first-order chi connectivity index (χ1) is 13.6. The Kier molecular flexibility index (Phi) is 4.35. The van der Waals surface area contributed by atoms with Crippen LogP contribution < -0.4 is 10.2 Å². The zero-order valence-electron chi connectivity index (χ0n) is 16.9. The fourth-order valence-corrected chi connectivity index (χ4v) is 3.76. The van der Waals surface area contributed by atoms with E-state index in [9.17, 15) is 20.1 Å². The Balaban J connectivity index is 2.12. The van der Waals surface area contributed by atoms with E-state index in [-0.39, 0.29) is 39.9 Å². The molecular formula is C23H24O6. The summed E-state index contributed by atoms with van der Waals surface area (Å²) in [7, 11) is 0. The van der Waals surface area contributed by atoms with E-state index >= 15 is 0 Å². The average molecular weight is 396 g/mol. The van der Waals surface area contributed by atoms with Crippen LogP contribution in [0.25, 0.3) is 21.9 Å². The molecule has 0 fully saturated rings. The smallest absolute Gasteiger partial charge is 0.204 e. The van der Waals surface area contributed by atoms with Gasteiger partial charge in [0.1, 0.15) is 28.6 Å². The zero-order valence-corrected chi connectivity index (χ0v) is 16.9. The van der Waals surface area contributed by atoms with Crippen molar-refractivity contribution in [3.05, 3.63) is 51.2 Å². The Bertz CT molecular complexity index is 1220. The topological polar surface area (TPSA) is 100 Å². The second-order valence-electron chi connectivity index (χ2n) is 8.37. The molecule has 6 heteroatoms. The number of hydrogen-bond acceptors (Lipinski definition) is 6. The highest BCUT2D eigenvalue weighted by Gasteiger charge is 2.39. The van der Waals surface area contributed by atoms with Crippen LogP contribution in [0.3, 0.4) is 0 Å². The number of aromatic hydroxyl groups is 2. The monoisotopic (exact) mass is 396 g/mol. The Morgan fingerprint density at radius 3 is 2.62 bits per heavy atom. The third-order valence-corrected chi connectivity index (χ3v) is 5.39. The van der Waals surface area contributed by atoms with E-state index in [0.29, 0.717) is 23.3 Å². The standard InChI is InChI=1S/C23H24O6/c1-11(2)8-9-13-20-14(10-16(28-20)23(3,4)27)19(26)17-18(25)12-6-5-7-15(24)21(12)29-22(13)17/h5-8,16,24,26-27H,9-10H2,1-4H3/t16-/m0/s1. The van der Waals surface area contributed by atoms with E-state index in [1.165, 1.54) is 6.07 Å². The van der Waals surface area contributed by atoms with E-state index in [2.05, 4.69) is 0 Å². The summed E-state index contributed by atoms with van der Waals surface area (Å²) >= 11 is 0. The number of para-hydroxylation sites is 1. The van der Waals surface area contributed by atoms with Crippen molar-refractivity contribution in [3.8, 4) is 17.2 Å². The molecule has 2 aromatic carbocycles. The van der Waals surface area contributed by atoms with E-state index in [4.69, 9.17) is 9.15 Å². The molecule has 3 aromatic rings. The number of aliphatic hydroxyl groups is 1. The van der Waals surface area contributed by atoms with Gasteiger partial charge in [0.25, 0.3) is 0 Å². The summed E-state index contributed by atoms with van der Waals surface area (Å²) in [5.41, 5.74) is 0.891. The lowest BCUT2D eigenvalue weighted by molar-refractivity contribution is -0.0232. The number of phenols is 2. The lowest BCUT2D eigenvalue weighted by Crippen LogP contribution is -2.39. The van der Waals surface area contributed by atoms with Crippen molar-refractivity contribution >= 4 is 21.9 Å². The molecule has 0 unspecified atom stereocenters. The van der Waals surface area contributed by atoms with E-state index in [0.717, 1.165) is 5.57 Å². The fourth-order valence-electron chi connectivity index (χ4n) is 3.76. The van der Waals surface area contributed by atoms with Gasteiger partial charge < -0.3 is 24.5 Å². The first kappa shape index (κ1) is 19.3. The van der Waals surface area contributed by atoms with Gasteiger partial charge in [0.15, 0.2) is 11.3 Å². The summed E-state index contributed by atoms with van der Waals surface area (Å²) < 4.78 is 12.0. The van der Waals surface area contributed by atoms with E-state index in [1.54, 1.807) is 26.0 Å². The molecule has 6 nitrogen and oxygen atoms in total. The zero-order chi connectivity index (χ0) is 21.1. The van der Waals surface area contributed by atoms with Gasteiger partial charge in [0.05, 0.1) is 11.0 Å². The second-order valence-corrected chi connectivity index (χ2v) is 8.37. The molecule has 3 N–H and O–H groups in total. The van der Waals surface area contributed by atoms with Crippen LogP contribution in [0, 0.1) is 0 Å². The Labute approximate surface area is 167 Å². The number of rotatable bonds is 3. The van der Waals surface area contributed by atoms with Crippen LogP contribution in [0.2, 0.25) is 0 Å². The molecule has 1 aliphatic heterocycles. The van der Waals surface area contributed by atoms with Gasteiger partial charge in [-0.1, -0.05) is 17.7 Å². The van der Waals surface area contributed by atoms with Gasteiger partial charge >= 0.3 is 0 Å². The molecule has 1 atom stereocenters. The fraction of sp³-hybridized carbons (Fsp3) is 0.348. The van der Waals surface area contributed by atoms with Gasteiger partial charge in [-0.25, -0.2) is 0 Å². The number of ether oxygens (including phenoxy) is 1. The van der Waals surface area contributed by atoms with Crippen molar-refractivity contribution in [1.29, 1.82) is 0 Å². The third kappa shape index (κ3) is 3.04. The quantitative estimate of drug-likeness (QED) is 0.458. The average Bonchev–Trinajstić information content (AvgIpc) is 3.08. The van der Waals surface area contributed by atoms with Gasteiger partial charge in [-0.05, 0) is 46.2 Å². The van der Waals surface area contributed by atoms with Crippen LogP contribution in [-0.2, 0) is 12.8 Å². The predicted octanol–water partition coefficient (Wildman–Crippen LogP) is 3.94. The molecule has 0 radical (unpaired) electrons. The summed E-state index contributed by atoms with van der Waals surface area (Å²) in [6.45, 7) is 7.21. The maximum atomic E-state index is 13.2. The van der Waals surface area contributed by atoms with E-state index in [1.807, 2.05) is 19.9 Å². The van der Waals surface area contributed by atoms with Crippen LogP contribution in [0.4, 0.5) is 0 Å². The van der Waals surface area contributed by atoms with Crippen molar-refractivity contribution < 1.29 is 24.5 Å². The molecule has 0 bridgehead atoms. The summed E-state index contributed by atoms with van der Waals surface area (Å²) in [4.78, 5) is 13.2. The van der Waals surface area contributed by atoms with Crippen LogP contribution in [-0.4, -0.2) is 27.0 Å². The van der Waals surface area contributed by atoms with E-state index < -0.39 is 17.1 Å². The highest BCUT2D eigenvalue weighted by molar-refractivity contribution is 5.98. The largest absolute Gasteiger partial charge is 0.507 e. The molecular weight excluding hydrogens is 372 g/mol. The lowest BCUT2D eigenvalue weighted by atomic mass is 9.94. The van der Waals surface area contributed by atoms with Crippen LogP contribution >= 0.6 is 0 Å². The van der Waals surface area contributed by atoms with Crippen LogP contribution in [0.1, 0.15) is 38.8 Å². The summed E-state index contributed by atoms with van der Waals surface area (Å²) in [6, 6.07) is 4.56. The Hall–Kier alpha value is -2.99. The summed E-state index contributed by atoms with van der Waals surface area (Å²) in [6.07, 6.45) is 2.10. The molecule has 29 heavy (non-hydrogen) atoms. The van der Waals surface area contributed by atoms with Gasteiger partial charge in [0.2, 0.25) is 5.43 Å². The van der Waals surface area contributed by atoms with Gasteiger partial charge in [-0.2, -0.15) is 0 Å². The molecule has 2 heterocycles. The maximum absolute atomic E-state index is 13.2. The molecule has 1 aliphatic rings. The first-order valence-electron chi connectivity index (χ1n) is 9.57. The first-order valence-corrected chi connectivity index (χ1v) is 9.57. The number of benzene rings is 2. The van der Waals surface area contributed by atoms with Gasteiger partial charge in [-0.15, -0.1) is 0 Å². The van der Waals surface area contributed by atoms with Crippen molar-refractivity contribution in [2.24, 2.45) is 0 Å². The van der Waals surface area contributed by atoms with Crippen molar-refractivity contribution in [1.82, 2.24) is 0 Å². The van der Waals surface area contributed by atoms with Crippen molar-refractivity contribution in [2.45, 2.75) is 52.2 Å². The normalized spacial score (nSPS) is 16.1. The Morgan fingerprint density at radius 2 is 1.97 bits per heavy atom. The number of phenolic OH excluding ortho intramolecular Hbond substituents is 2. The van der Waals surface area contributed by atoms with Crippen LogP contribution in [0.15, 0.2) is 39.1 Å². The Morgan fingerprint density at radius 1 is 1.24 bits per heavy atom. The highest BCUT2D eigenvalue weighted by atomic mass is 16.5. The molecule has 0 saturated heterocycles. The molecule has 0 amide bonds. The maximum Gasteiger partial charge on any atom is 0.204 e. The third-order valence-electron chi connectivity index (χ3n) is 5.39. The highest BCUT2D eigenvalue weighted by Crippen LogP contribution is 2.46. The molecule has 0 spiro atoms. The molecule has 0 aliphatic carbocycles. The van der Waals surface area contributed by atoms with Gasteiger partial charge in [-0.3, -0.25) is 4.79 Å². The predicted molar refractivity (Wildman–Crippen MR) is 111 cm³/mol. The second kappa shape index (κ2) is 6.52. The minimum Gasteiger partial charge on any atom is -0.507 e. The molecule has 1 aromatic heterocycles. The minimum absolute atomic E-state index is 0.0685. The number of hydrogen-bond donors (Lipinski definition) is 3. The van der Waals surface area contributed by atoms with Crippen molar-refractivity contribution in [3.63, 3.8) is 0 Å². The summed E-state index contributed by atoms with van der Waals surface area (Å²) in [5, 5.41) is 31.9.